The fourth-order valence-corrected chi connectivity index (χ4v) is 8.61. The normalized spacial score (nSPS) is 11.9. The van der Waals surface area contributed by atoms with Crippen molar-refractivity contribution in [2.75, 3.05) is 0 Å². The molecule has 0 bridgehead atoms. The number of pyridine rings is 1. The van der Waals surface area contributed by atoms with Gasteiger partial charge in [-0.15, -0.1) is 11.3 Å². The number of rotatable bonds is 4. The average molecular weight is 672 g/mol. The lowest BCUT2D eigenvalue weighted by Gasteiger charge is -2.09. The van der Waals surface area contributed by atoms with Gasteiger partial charge in [-0.2, -0.15) is 0 Å². The number of nitrogens with zero attached hydrogens (tertiary/aromatic N) is 5. The first-order chi connectivity index (χ1) is 25.3. The second kappa shape index (κ2) is 10.9. The van der Waals surface area contributed by atoms with Crippen molar-refractivity contribution < 1.29 is 4.42 Å². The van der Waals surface area contributed by atoms with Crippen LogP contribution >= 0.6 is 11.3 Å². The lowest BCUT2D eigenvalue weighted by Crippen LogP contribution is -2.00. The van der Waals surface area contributed by atoms with Crippen LogP contribution in [0.3, 0.4) is 0 Å². The van der Waals surface area contributed by atoms with E-state index in [0.29, 0.717) is 17.5 Å². The monoisotopic (exact) mass is 671 g/mol. The van der Waals surface area contributed by atoms with Crippen molar-refractivity contribution in [3.63, 3.8) is 0 Å². The molecule has 0 aliphatic heterocycles. The summed E-state index contributed by atoms with van der Waals surface area (Å²) in [6, 6.07) is 50.2. The Morgan fingerprint density at radius 2 is 1.24 bits per heavy atom. The maximum atomic E-state index is 6.12. The number of furan rings is 1. The predicted octanol–water partition coefficient (Wildman–Crippen LogP) is 11.6. The van der Waals surface area contributed by atoms with Gasteiger partial charge in [0.05, 0.1) is 5.52 Å². The largest absolute Gasteiger partial charge is 0.456 e. The Hall–Kier alpha value is -6.70. The minimum atomic E-state index is 0.616. The van der Waals surface area contributed by atoms with E-state index in [2.05, 4.69) is 83.4 Å². The highest BCUT2D eigenvalue weighted by Gasteiger charge is 2.19. The Morgan fingerprint density at radius 3 is 2.16 bits per heavy atom. The van der Waals surface area contributed by atoms with Crippen molar-refractivity contribution in [3.8, 4) is 39.9 Å². The summed E-state index contributed by atoms with van der Waals surface area (Å²) >= 11 is 1.77. The molecule has 0 atom stereocenters. The smallest absolute Gasteiger partial charge is 0.165 e. The molecule has 0 N–H and O–H groups in total. The Labute approximate surface area is 294 Å². The van der Waals surface area contributed by atoms with Gasteiger partial charge in [0.2, 0.25) is 0 Å². The summed E-state index contributed by atoms with van der Waals surface area (Å²) in [5.74, 6) is 1.89. The number of aromatic nitrogens is 5. The molecule has 6 aromatic carbocycles. The molecule has 11 aromatic rings. The topological polar surface area (TPSA) is 69.6 Å². The van der Waals surface area contributed by atoms with Crippen LogP contribution in [-0.2, 0) is 0 Å². The molecule has 0 fully saturated rings. The van der Waals surface area contributed by atoms with Gasteiger partial charge in [-0.1, -0.05) is 84.9 Å². The molecule has 6 nitrogen and oxygen atoms in total. The molecule has 0 spiro atoms. The van der Waals surface area contributed by atoms with Crippen molar-refractivity contribution in [2.24, 2.45) is 0 Å². The van der Waals surface area contributed by atoms with Crippen LogP contribution in [0.15, 0.2) is 156 Å². The van der Waals surface area contributed by atoms with Gasteiger partial charge in [-0.05, 0) is 60.7 Å². The zero-order valence-corrected chi connectivity index (χ0v) is 27.8. The molecule has 0 saturated heterocycles. The van der Waals surface area contributed by atoms with E-state index in [0.717, 1.165) is 65.6 Å². The summed E-state index contributed by atoms with van der Waals surface area (Å²) in [5.41, 5.74) is 7.69. The maximum absolute atomic E-state index is 6.12. The standard InChI is InChI=1S/C44H25N5OS/c1-2-10-26(11-3-1)41-46-42(27-19-22-38-35(24-27)30-13-5-7-18-37(30)50-38)48-43(47-41)34-15-8-14-32-31-21-20-28(25-39(31)51-40(32)34)49-36-17-6-4-12-29(36)33-16-9-23-45-44(33)49/h1-25H. The van der Waals surface area contributed by atoms with Crippen molar-refractivity contribution in [1.82, 2.24) is 24.5 Å². The van der Waals surface area contributed by atoms with Gasteiger partial charge in [0.15, 0.2) is 17.5 Å². The molecule has 0 unspecified atom stereocenters. The predicted molar refractivity (Wildman–Crippen MR) is 208 cm³/mol. The zero-order chi connectivity index (χ0) is 33.5. The van der Waals surface area contributed by atoms with E-state index in [-0.39, 0.29) is 0 Å². The summed E-state index contributed by atoms with van der Waals surface area (Å²) < 4.78 is 10.7. The van der Waals surface area contributed by atoms with Crippen LogP contribution < -0.4 is 0 Å². The number of hydrogen-bond acceptors (Lipinski definition) is 6. The third-order valence-electron chi connectivity index (χ3n) is 9.72. The summed E-state index contributed by atoms with van der Waals surface area (Å²) in [7, 11) is 0. The number of para-hydroxylation sites is 2. The number of fused-ring (bicyclic) bond motifs is 9. The zero-order valence-electron chi connectivity index (χ0n) is 27.0. The first-order valence-electron chi connectivity index (χ1n) is 16.8. The van der Waals surface area contributed by atoms with Crippen LogP contribution in [-0.4, -0.2) is 24.5 Å². The molecule has 11 rings (SSSR count). The summed E-state index contributed by atoms with van der Waals surface area (Å²) in [6.07, 6.45) is 1.87. The van der Waals surface area contributed by atoms with Gasteiger partial charge in [0.25, 0.3) is 0 Å². The molecule has 5 heterocycles. The maximum Gasteiger partial charge on any atom is 0.165 e. The van der Waals surface area contributed by atoms with E-state index in [4.69, 9.17) is 24.4 Å². The van der Waals surface area contributed by atoms with Gasteiger partial charge >= 0.3 is 0 Å². The summed E-state index contributed by atoms with van der Waals surface area (Å²) in [5, 5.41) is 6.81. The molecule has 0 aliphatic rings. The van der Waals surface area contributed by atoms with E-state index < -0.39 is 0 Å². The molecule has 5 aromatic heterocycles. The Kier molecular flexibility index (Phi) is 6.02. The molecular formula is C44H25N5OS. The van der Waals surface area contributed by atoms with E-state index in [9.17, 15) is 0 Å². The Morgan fingerprint density at radius 1 is 0.490 bits per heavy atom. The third-order valence-corrected chi connectivity index (χ3v) is 10.9. The molecule has 51 heavy (non-hydrogen) atoms. The van der Waals surface area contributed by atoms with Gasteiger partial charge in [0.1, 0.15) is 16.8 Å². The van der Waals surface area contributed by atoms with Crippen molar-refractivity contribution >= 4 is 75.4 Å². The minimum Gasteiger partial charge on any atom is -0.456 e. The molecule has 0 aliphatic carbocycles. The highest BCUT2D eigenvalue weighted by molar-refractivity contribution is 7.26. The van der Waals surface area contributed by atoms with Crippen LogP contribution in [0.2, 0.25) is 0 Å². The van der Waals surface area contributed by atoms with E-state index in [1.165, 1.54) is 20.9 Å². The van der Waals surface area contributed by atoms with Gasteiger partial charge < -0.3 is 4.42 Å². The van der Waals surface area contributed by atoms with Gasteiger partial charge in [0, 0.05) is 70.3 Å². The van der Waals surface area contributed by atoms with E-state index in [1.54, 1.807) is 11.3 Å². The summed E-state index contributed by atoms with van der Waals surface area (Å²) in [4.78, 5) is 20.1. The SMILES string of the molecule is c1ccc(-c2nc(-c3ccc4oc5ccccc5c4c3)nc(-c3cccc4c3sc3cc(-n5c6ccccc6c6cccnc65)ccc34)n2)cc1. The first-order valence-corrected chi connectivity index (χ1v) is 17.6. The molecule has 0 amide bonds. The molecule has 0 saturated carbocycles. The highest BCUT2D eigenvalue weighted by atomic mass is 32.1. The van der Waals surface area contributed by atoms with Gasteiger partial charge in [-0.25, -0.2) is 19.9 Å². The van der Waals surface area contributed by atoms with Gasteiger partial charge in [-0.3, -0.25) is 4.57 Å². The van der Waals surface area contributed by atoms with Crippen molar-refractivity contribution in [3.05, 3.63) is 152 Å². The van der Waals surface area contributed by atoms with Crippen LogP contribution in [0, 0.1) is 0 Å². The van der Waals surface area contributed by atoms with E-state index in [1.807, 2.05) is 72.9 Å². The fourth-order valence-electron chi connectivity index (χ4n) is 7.37. The Bertz CT molecular complexity index is 3100. The number of benzene rings is 6. The lowest BCUT2D eigenvalue weighted by atomic mass is 10.1. The second-order valence-electron chi connectivity index (χ2n) is 12.7. The van der Waals surface area contributed by atoms with E-state index >= 15 is 0 Å². The van der Waals surface area contributed by atoms with Crippen LogP contribution in [0.5, 0.6) is 0 Å². The number of thiophene rings is 1. The molecule has 238 valence electrons. The third kappa shape index (κ3) is 4.35. The van der Waals surface area contributed by atoms with Crippen LogP contribution in [0.4, 0.5) is 0 Å². The highest BCUT2D eigenvalue weighted by Crippen LogP contribution is 2.42. The fraction of sp³-hybridized carbons (Fsp3) is 0. The quantitative estimate of drug-likeness (QED) is 0.186. The lowest BCUT2D eigenvalue weighted by molar-refractivity contribution is 0.669. The van der Waals surface area contributed by atoms with Crippen molar-refractivity contribution in [2.45, 2.75) is 0 Å². The summed E-state index contributed by atoms with van der Waals surface area (Å²) in [6.45, 7) is 0. The second-order valence-corrected chi connectivity index (χ2v) is 13.7. The first kappa shape index (κ1) is 28.2. The van der Waals surface area contributed by atoms with Crippen LogP contribution in [0.25, 0.3) is 104 Å². The van der Waals surface area contributed by atoms with Crippen LogP contribution in [0.1, 0.15) is 0 Å². The molecular weight excluding hydrogens is 647 g/mol. The Balaban J connectivity index is 1.11. The van der Waals surface area contributed by atoms with Crippen molar-refractivity contribution in [1.29, 1.82) is 0 Å². The average Bonchev–Trinajstić information content (AvgIpc) is 3.87. The minimum absolute atomic E-state index is 0.616. The number of hydrogen-bond donors (Lipinski definition) is 0. The molecule has 0 radical (unpaired) electrons. The molecule has 7 heteroatoms.